The lowest BCUT2D eigenvalue weighted by atomic mass is 10.1. The van der Waals surface area contributed by atoms with Crippen molar-refractivity contribution < 1.29 is 4.42 Å². The molecule has 1 nitrogen and oxygen atoms in total. The molecule has 3 aromatic rings. The van der Waals surface area contributed by atoms with Crippen molar-refractivity contribution in [2.24, 2.45) is 0 Å². The molecular formula is C12H2Br6O. The molecule has 0 radical (unpaired) electrons. The molecule has 1 heterocycles. The highest BCUT2D eigenvalue weighted by Gasteiger charge is 2.22. The third-order valence-electron chi connectivity index (χ3n) is 2.74. The van der Waals surface area contributed by atoms with Crippen LogP contribution in [0.25, 0.3) is 21.9 Å². The molecule has 0 saturated carbocycles. The Morgan fingerprint density at radius 1 is 0.579 bits per heavy atom. The van der Waals surface area contributed by atoms with Crippen LogP contribution in [0.5, 0.6) is 0 Å². The van der Waals surface area contributed by atoms with Crippen molar-refractivity contribution in [1.82, 2.24) is 0 Å². The fraction of sp³-hybridized carbons (Fsp3) is 0. The van der Waals surface area contributed by atoms with E-state index in [1.54, 1.807) is 0 Å². The van der Waals surface area contributed by atoms with Crippen LogP contribution in [-0.2, 0) is 0 Å². The van der Waals surface area contributed by atoms with Crippen LogP contribution in [0.1, 0.15) is 0 Å². The summed E-state index contributed by atoms with van der Waals surface area (Å²) in [5, 5.41) is 2.05. The summed E-state index contributed by atoms with van der Waals surface area (Å²) >= 11 is 21.4. The quantitative estimate of drug-likeness (QED) is 0.178. The molecule has 19 heavy (non-hydrogen) atoms. The molecule has 3 rings (SSSR count). The summed E-state index contributed by atoms with van der Waals surface area (Å²) in [6.07, 6.45) is 0. The Labute approximate surface area is 159 Å². The minimum absolute atomic E-state index is 0.796. The minimum atomic E-state index is 0.796. The first-order chi connectivity index (χ1) is 8.93. The van der Waals surface area contributed by atoms with E-state index in [1.165, 1.54) is 0 Å². The van der Waals surface area contributed by atoms with E-state index < -0.39 is 0 Å². The van der Waals surface area contributed by atoms with Gasteiger partial charge in [0.1, 0.15) is 0 Å². The standard InChI is InChI=1S/C12H2Br6O/c13-3-1-2-4(14)11-5(3)6-7(15)8(16)9(17)10(18)12(6)19-11/h1-2H. The van der Waals surface area contributed by atoms with Crippen LogP contribution in [-0.4, -0.2) is 0 Å². The summed E-state index contributed by atoms with van der Waals surface area (Å²) in [6, 6.07) is 3.96. The van der Waals surface area contributed by atoms with Gasteiger partial charge in [-0.15, -0.1) is 0 Å². The lowest BCUT2D eigenvalue weighted by Crippen LogP contribution is -1.79. The van der Waals surface area contributed by atoms with Gasteiger partial charge >= 0.3 is 0 Å². The van der Waals surface area contributed by atoms with Crippen LogP contribution < -0.4 is 0 Å². The zero-order valence-electron chi connectivity index (χ0n) is 8.83. The minimum Gasteiger partial charge on any atom is -0.454 e. The Morgan fingerprint density at radius 2 is 1.16 bits per heavy atom. The van der Waals surface area contributed by atoms with Gasteiger partial charge in [-0.2, -0.15) is 0 Å². The van der Waals surface area contributed by atoms with E-state index >= 15 is 0 Å². The SMILES string of the molecule is Brc1c(Br)c(Br)c2c(oc3c(Br)ccc(Br)c32)c1Br. The number of fused-ring (bicyclic) bond motifs is 3. The predicted molar refractivity (Wildman–Crippen MR) is 99.9 cm³/mol. The molecule has 0 unspecified atom stereocenters. The molecule has 0 N–H and O–H groups in total. The summed E-state index contributed by atoms with van der Waals surface area (Å²) < 4.78 is 11.6. The number of hydrogen-bond donors (Lipinski definition) is 0. The van der Waals surface area contributed by atoms with Gasteiger partial charge in [-0.1, -0.05) is 15.9 Å². The maximum absolute atomic E-state index is 6.01. The van der Waals surface area contributed by atoms with Crippen LogP contribution in [0.2, 0.25) is 0 Å². The van der Waals surface area contributed by atoms with E-state index in [0.29, 0.717) is 0 Å². The highest BCUT2D eigenvalue weighted by Crippen LogP contribution is 2.49. The predicted octanol–water partition coefficient (Wildman–Crippen LogP) is 8.16. The Morgan fingerprint density at radius 3 is 1.84 bits per heavy atom. The molecule has 2 aromatic carbocycles. The van der Waals surface area contributed by atoms with Crippen molar-refractivity contribution in [2.75, 3.05) is 0 Å². The Kier molecular flexibility index (Phi) is 4.27. The lowest BCUT2D eigenvalue weighted by molar-refractivity contribution is 0.664. The largest absolute Gasteiger partial charge is 0.454 e. The van der Waals surface area contributed by atoms with E-state index in [-0.39, 0.29) is 0 Å². The zero-order chi connectivity index (χ0) is 13.9. The van der Waals surface area contributed by atoms with E-state index in [9.17, 15) is 0 Å². The topological polar surface area (TPSA) is 13.1 Å². The smallest absolute Gasteiger partial charge is 0.152 e. The van der Waals surface area contributed by atoms with Crippen LogP contribution in [0.15, 0.2) is 43.4 Å². The van der Waals surface area contributed by atoms with Crippen molar-refractivity contribution in [1.29, 1.82) is 0 Å². The van der Waals surface area contributed by atoms with E-state index in [1.807, 2.05) is 12.1 Å². The Bertz CT molecular complexity index is 836. The second-order valence-electron chi connectivity index (χ2n) is 3.80. The van der Waals surface area contributed by atoms with Crippen molar-refractivity contribution >= 4 is 118 Å². The molecule has 0 amide bonds. The molecule has 1 aromatic heterocycles. The number of furan rings is 1. The van der Waals surface area contributed by atoms with Gasteiger partial charge in [-0.05, 0) is 91.8 Å². The summed E-state index contributed by atoms with van der Waals surface area (Å²) in [4.78, 5) is 0. The van der Waals surface area contributed by atoms with Gasteiger partial charge in [-0.25, -0.2) is 0 Å². The molecule has 0 aliphatic rings. The van der Waals surface area contributed by atoms with Crippen LogP contribution in [0.3, 0.4) is 0 Å². The van der Waals surface area contributed by atoms with Gasteiger partial charge in [0, 0.05) is 24.2 Å². The normalized spacial score (nSPS) is 11.7. The Hall–Kier alpha value is 1.12. The monoisotopic (exact) mass is 636 g/mol. The third-order valence-corrected chi connectivity index (χ3v) is 8.75. The van der Waals surface area contributed by atoms with Gasteiger partial charge in [0.05, 0.1) is 13.4 Å². The van der Waals surface area contributed by atoms with Gasteiger partial charge < -0.3 is 4.42 Å². The summed E-state index contributed by atoms with van der Waals surface area (Å²) in [5.74, 6) is 0. The van der Waals surface area contributed by atoms with Gasteiger partial charge in [0.25, 0.3) is 0 Å². The molecule has 0 saturated heterocycles. The first-order valence-electron chi connectivity index (χ1n) is 4.95. The van der Waals surface area contributed by atoms with Gasteiger partial charge in [-0.3, -0.25) is 0 Å². The van der Waals surface area contributed by atoms with Crippen LogP contribution in [0, 0.1) is 0 Å². The lowest BCUT2D eigenvalue weighted by Gasteiger charge is -2.05. The zero-order valence-corrected chi connectivity index (χ0v) is 18.3. The highest BCUT2D eigenvalue weighted by atomic mass is 79.9. The van der Waals surface area contributed by atoms with E-state index in [2.05, 4.69) is 95.6 Å². The summed E-state index contributed by atoms with van der Waals surface area (Å²) in [5.41, 5.74) is 1.61. The maximum atomic E-state index is 6.01. The number of halogens is 6. The maximum Gasteiger partial charge on any atom is 0.152 e. The molecule has 0 aliphatic carbocycles. The highest BCUT2D eigenvalue weighted by molar-refractivity contribution is 9.15. The van der Waals surface area contributed by atoms with E-state index in [0.717, 1.165) is 48.8 Å². The molecule has 0 spiro atoms. The average Bonchev–Trinajstić information content (AvgIpc) is 2.80. The van der Waals surface area contributed by atoms with E-state index in [4.69, 9.17) is 4.42 Å². The number of rotatable bonds is 0. The first kappa shape index (κ1) is 15.0. The van der Waals surface area contributed by atoms with Crippen molar-refractivity contribution in [3.63, 3.8) is 0 Å². The average molecular weight is 642 g/mol. The third kappa shape index (κ3) is 2.23. The fourth-order valence-electron chi connectivity index (χ4n) is 1.90. The molecule has 7 heteroatoms. The second-order valence-corrected chi connectivity index (χ2v) is 8.68. The van der Waals surface area contributed by atoms with Crippen molar-refractivity contribution in [2.45, 2.75) is 0 Å². The fourth-order valence-corrected chi connectivity index (χ4v) is 5.18. The van der Waals surface area contributed by atoms with Crippen molar-refractivity contribution in [3.8, 4) is 0 Å². The van der Waals surface area contributed by atoms with Gasteiger partial charge in [0.15, 0.2) is 11.2 Å². The van der Waals surface area contributed by atoms with Crippen LogP contribution >= 0.6 is 95.6 Å². The van der Waals surface area contributed by atoms with Gasteiger partial charge in [0.2, 0.25) is 0 Å². The molecule has 0 aliphatic heterocycles. The summed E-state index contributed by atoms with van der Waals surface area (Å²) in [7, 11) is 0. The van der Waals surface area contributed by atoms with Crippen molar-refractivity contribution in [3.05, 3.63) is 39.0 Å². The summed E-state index contributed by atoms with van der Waals surface area (Å²) in [6.45, 7) is 0. The number of benzene rings is 2. The molecule has 98 valence electrons. The molecular weight excluding hydrogens is 640 g/mol. The molecule has 0 bridgehead atoms. The number of hydrogen-bond acceptors (Lipinski definition) is 1. The first-order valence-corrected chi connectivity index (χ1v) is 9.71. The Balaban J connectivity index is 2.71. The molecule has 0 fully saturated rings. The van der Waals surface area contributed by atoms with Crippen LogP contribution in [0.4, 0.5) is 0 Å². The molecule has 0 atom stereocenters. The second kappa shape index (κ2) is 5.39.